The topological polar surface area (TPSA) is 44.2 Å². The second-order valence-corrected chi connectivity index (χ2v) is 7.14. The molecule has 6 heteroatoms. The van der Waals surface area contributed by atoms with Crippen LogP contribution < -0.4 is 19.9 Å². The fourth-order valence-electron chi connectivity index (χ4n) is 3.00. The predicted octanol–water partition coefficient (Wildman–Crippen LogP) is 4.72. The van der Waals surface area contributed by atoms with Crippen LogP contribution >= 0.6 is 11.6 Å². The molecule has 4 nitrogen and oxygen atoms in total. The Hall–Kier alpha value is -3.18. The predicted molar refractivity (Wildman–Crippen MR) is 117 cm³/mol. The van der Waals surface area contributed by atoms with Crippen LogP contribution in [0.2, 0.25) is 5.02 Å². The molecule has 0 bridgehead atoms. The second kappa shape index (κ2) is 9.55. The van der Waals surface area contributed by atoms with Crippen molar-refractivity contribution in [3.63, 3.8) is 0 Å². The van der Waals surface area contributed by atoms with Crippen molar-refractivity contribution in [3.8, 4) is 11.5 Å². The van der Waals surface area contributed by atoms with E-state index in [4.69, 9.17) is 21.1 Å². The van der Waals surface area contributed by atoms with Crippen LogP contribution in [0.3, 0.4) is 0 Å². The number of aromatic nitrogens is 2. The third kappa shape index (κ3) is 5.24. The molecule has 0 amide bonds. The van der Waals surface area contributed by atoms with Crippen LogP contribution in [0.4, 0.5) is 4.39 Å². The number of nitrogens with zero attached hydrogens (tertiary/aromatic N) is 2. The average molecular weight is 425 g/mol. The Morgan fingerprint density at radius 2 is 1.80 bits per heavy atom. The van der Waals surface area contributed by atoms with Crippen molar-refractivity contribution >= 4 is 23.4 Å². The lowest BCUT2D eigenvalue weighted by atomic mass is 10.1. The number of rotatable bonds is 6. The zero-order valence-corrected chi connectivity index (χ0v) is 17.8. The van der Waals surface area contributed by atoms with Crippen LogP contribution in [-0.2, 0) is 6.42 Å². The van der Waals surface area contributed by atoms with Gasteiger partial charge >= 0.3 is 0 Å². The second-order valence-electron chi connectivity index (χ2n) is 6.76. The number of ether oxygens (including phenoxy) is 2. The van der Waals surface area contributed by atoms with E-state index in [1.807, 2.05) is 32.0 Å². The van der Waals surface area contributed by atoms with Gasteiger partial charge in [-0.3, -0.25) is 9.97 Å². The first-order valence-corrected chi connectivity index (χ1v) is 9.82. The van der Waals surface area contributed by atoms with E-state index in [-0.39, 0.29) is 5.75 Å². The molecule has 1 aromatic carbocycles. The molecule has 0 saturated heterocycles. The molecule has 0 aliphatic rings. The molecule has 0 unspecified atom stereocenters. The van der Waals surface area contributed by atoms with Gasteiger partial charge in [-0.15, -0.1) is 0 Å². The molecule has 3 rings (SSSR count). The summed E-state index contributed by atoms with van der Waals surface area (Å²) in [6, 6.07) is 7.03. The van der Waals surface area contributed by atoms with Crippen molar-refractivity contribution in [1.29, 1.82) is 0 Å². The Kier molecular flexibility index (Phi) is 6.85. The van der Waals surface area contributed by atoms with Crippen molar-refractivity contribution in [2.24, 2.45) is 0 Å². The van der Waals surface area contributed by atoms with Crippen LogP contribution in [0.15, 0.2) is 61.4 Å². The highest BCUT2D eigenvalue weighted by Gasteiger charge is 2.08. The first kappa shape index (κ1) is 21.5. The summed E-state index contributed by atoms with van der Waals surface area (Å²) in [4.78, 5) is 7.94. The van der Waals surface area contributed by atoms with Crippen molar-refractivity contribution in [2.45, 2.75) is 27.2 Å². The molecule has 0 atom stereocenters. The largest absolute Gasteiger partial charge is 0.460 e. The standard InChI is InChI=1S/C24H22ClFN2O2/c1-5-18-6-7-19(9-16(3)29-21-8-15(2)11-27-13-21)23(24(18)25)17(4)30-22-10-20(26)12-28-14-22/h6-14H,3,5H2,1-2,4H3/b19-9-,23-17-. The van der Waals surface area contributed by atoms with Crippen molar-refractivity contribution < 1.29 is 13.9 Å². The summed E-state index contributed by atoms with van der Waals surface area (Å²) in [5.74, 6) is 1.34. The minimum Gasteiger partial charge on any atom is -0.460 e. The minimum atomic E-state index is -0.478. The Morgan fingerprint density at radius 1 is 1.10 bits per heavy atom. The van der Waals surface area contributed by atoms with Gasteiger partial charge in [0.1, 0.15) is 28.8 Å². The lowest BCUT2D eigenvalue weighted by Gasteiger charge is -2.10. The van der Waals surface area contributed by atoms with Crippen LogP contribution in [0.1, 0.15) is 25.0 Å². The van der Waals surface area contributed by atoms with E-state index in [9.17, 15) is 4.39 Å². The molecule has 154 valence electrons. The van der Waals surface area contributed by atoms with Gasteiger partial charge < -0.3 is 9.47 Å². The summed E-state index contributed by atoms with van der Waals surface area (Å²) in [6.07, 6.45) is 8.47. The normalized spacial score (nSPS) is 12.5. The zero-order valence-electron chi connectivity index (χ0n) is 17.1. The maximum Gasteiger partial charge on any atom is 0.148 e. The molecule has 0 fully saturated rings. The third-order valence-electron chi connectivity index (χ3n) is 4.35. The summed E-state index contributed by atoms with van der Waals surface area (Å²) >= 11 is 6.68. The summed E-state index contributed by atoms with van der Waals surface area (Å²) in [6.45, 7) is 9.72. The van der Waals surface area contributed by atoms with Gasteiger partial charge in [-0.25, -0.2) is 4.39 Å². The van der Waals surface area contributed by atoms with Crippen molar-refractivity contribution in [1.82, 2.24) is 9.97 Å². The molecule has 0 radical (unpaired) electrons. The maximum absolute atomic E-state index is 13.5. The van der Waals surface area contributed by atoms with Crippen LogP contribution in [0.5, 0.6) is 11.5 Å². The molecule has 0 aliphatic carbocycles. The quantitative estimate of drug-likeness (QED) is 0.537. The molecule has 0 spiro atoms. The fourth-order valence-corrected chi connectivity index (χ4v) is 3.44. The van der Waals surface area contributed by atoms with E-state index in [0.29, 0.717) is 27.5 Å². The number of pyridine rings is 2. The van der Waals surface area contributed by atoms with Gasteiger partial charge in [-0.2, -0.15) is 0 Å². The first-order chi connectivity index (χ1) is 14.4. The number of aryl methyl sites for hydroxylation is 2. The average Bonchev–Trinajstić information content (AvgIpc) is 2.68. The monoisotopic (exact) mass is 424 g/mol. The number of benzene rings is 1. The van der Waals surface area contributed by atoms with E-state index in [2.05, 4.69) is 16.5 Å². The summed E-state index contributed by atoms with van der Waals surface area (Å²) < 4.78 is 25.1. The van der Waals surface area contributed by atoms with Crippen molar-refractivity contribution in [2.75, 3.05) is 0 Å². The first-order valence-electron chi connectivity index (χ1n) is 9.44. The van der Waals surface area contributed by atoms with Crippen LogP contribution in [0, 0.1) is 12.7 Å². The van der Waals surface area contributed by atoms with Crippen molar-refractivity contribution in [3.05, 3.63) is 93.8 Å². The highest BCUT2D eigenvalue weighted by molar-refractivity contribution is 6.31. The minimum absolute atomic E-state index is 0.289. The Balaban J connectivity index is 2.07. The molecule has 2 aromatic heterocycles. The van der Waals surface area contributed by atoms with E-state index in [0.717, 1.165) is 29.0 Å². The van der Waals surface area contributed by atoms with Gasteiger partial charge in [0, 0.05) is 17.5 Å². The van der Waals surface area contributed by atoms with Gasteiger partial charge in [0.2, 0.25) is 0 Å². The number of hydrogen-bond donors (Lipinski definition) is 0. The molecule has 0 aliphatic heterocycles. The van der Waals surface area contributed by atoms with E-state index in [1.54, 1.807) is 25.4 Å². The summed E-state index contributed by atoms with van der Waals surface area (Å²) in [7, 11) is 0. The van der Waals surface area contributed by atoms with Gasteiger partial charge in [0.15, 0.2) is 0 Å². The highest BCUT2D eigenvalue weighted by Crippen LogP contribution is 2.16. The Morgan fingerprint density at radius 3 is 2.47 bits per heavy atom. The molecule has 0 N–H and O–H groups in total. The number of hydrogen-bond acceptors (Lipinski definition) is 4. The lowest BCUT2D eigenvalue weighted by Crippen LogP contribution is -2.30. The SMILES string of the molecule is C=C(/C=c1/ccc(CC)c(Cl)/c1=C(/C)Oc1cncc(F)c1)Oc1cncc(C)c1. The van der Waals surface area contributed by atoms with Crippen LogP contribution in [-0.4, -0.2) is 9.97 Å². The molecule has 2 heterocycles. The number of halogens is 2. The maximum atomic E-state index is 13.5. The molecule has 0 saturated carbocycles. The summed E-state index contributed by atoms with van der Waals surface area (Å²) in [5, 5.41) is 2.02. The molecular weight excluding hydrogens is 403 g/mol. The van der Waals surface area contributed by atoms with E-state index in [1.165, 1.54) is 12.3 Å². The van der Waals surface area contributed by atoms with Gasteiger partial charge in [0.25, 0.3) is 0 Å². The third-order valence-corrected chi connectivity index (χ3v) is 4.78. The zero-order chi connectivity index (χ0) is 21.7. The summed E-state index contributed by atoms with van der Waals surface area (Å²) in [5.41, 5.74) is 1.95. The lowest BCUT2D eigenvalue weighted by molar-refractivity contribution is 0.452. The van der Waals surface area contributed by atoms with Gasteiger partial charge in [-0.05, 0) is 48.8 Å². The number of allylic oxidation sites excluding steroid dienone is 1. The van der Waals surface area contributed by atoms with Crippen LogP contribution in [0.25, 0.3) is 11.8 Å². The van der Waals surface area contributed by atoms with E-state index >= 15 is 0 Å². The molecular formula is C24H22ClFN2O2. The smallest absolute Gasteiger partial charge is 0.148 e. The molecule has 30 heavy (non-hydrogen) atoms. The highest BCUT2D eigenvalue weighted by atomic mass is 35.5. The Labute approximate surface area is 180 Å². The van der Waals surface area contributed by atoms with Gasteiger partial charge in [-0.1, -0.05) is 37.2 Å². The molecule has 3 aromatic rings. The Bertz CT molecular complexity index is 1210. The fraction of sp³-hybridized carbons (Fsp3) is 0.167. The van der Waals surface area contributed by atoms with E-state index < -0.39 is 5.82 Å². The van der Waals surface area contributed by atoms with Gasteiger partial charge in [0.05, 0.1) is 23.6 Å².